The van der Waals surface area contributed by atoms with Crippen LogP contribution in [0.5, 0.6) is 0 Å². The number of carbonyl (C=O) groups is 1. The Morgan fingerprint density at radius 1 is 1.27 bits per heavy atom. The first-order valence-corrected chi connectivity index (χ1v) is 11.5. The van der Waals surface area contributed by atoms with E-state index >= 15 is 0 Å². The number of amides is 1. The molecule has 8 nitrogen and oxygen atoms in total. The molecular weight excluding hydrogens is 402 g/mol. The Bertz CT molecular complexity index is 686. The van der Waals surface area contributed by atoms with Crippen LogP contribution in [0.3, 0.4) is 0 Å². The Morgan fingerprint density at radius 3 is 2.53 bits per heavy atom. The van der Waals surface area contributed by atoms with Crippen molar-refractivity contribution in [1.82, 2.24) is 20.5 Å². The number of piperidine rings is 1. The number of likely N-dealkylation sites (tertiary alicyclic amines) is 1. The van der Waals surface area contributed by atoms with E-state index in [0.29, 0.717) is 19.7 Å². The van der Waals surface area contributed by atoms with Gasteiger partial charge < -0.3 is 25.0 Å². The van der Waals surface area contributed by atoms with Gasteiger partial charge in [0.15, 0.2) is 5.96 Å². The summed E-state index contributed by atoms with van der Waals surface area (Å²) in [7, 11) is 1.82. The van der Waals surface area contributed by atoms with Crippen LogP contribution in [0.15, 0.2) is 4.99 Å². The maximum Gasteiger partial charge on any atom is 0.407 e. The number of hydrogen-bond acceptors (Lipinski definition) is 6. The van der Waals surface area contributed by atoms with E-state index in [1.165, 1.54) is 4.88 Å². The molecule has 0 aliphatic carbocycles. The van der Waals surface area contributed by atoms with Crippen molar-refractivity contribution < 1.29 is 14.3 Å². The maximum atomic E-state index is 11.6. The summed E-state index contributed by atoms with van der Waals surface area (Å²) in [6.45, 7) is 13.4. The van der Waals surface area contributed by atoms with Crippen molar-refractivity contribution in [2.75, 3.05) is 33.3 Å². The van der Waals surface area contributed by atoms with Crippen LogP contribution in [0.1, 0.15) is 55.6 Å². The fraction of sp³-hybridized carbons (Fsp3) is 0.762. The average Bonchev–Trinajstić information content (AvgIpc) is 2.99. The molecule has 2 rings (SSSR count). The molecule has 0 saturated carbocycles. The molecule has 1 fully saturated rings. The number of guanidine groups is 1. The first kappa shape index (κ1) is 24.4. The average molecular weight is 440 g/mol. The van der Waals surface area contributed by atoms with E-state index in [9.17, 15) is 4.79 Å². The smallest absolute Gasteiger partial charge is 0.407 e. The zero-order valence-electron chi connectivity index (χ0n) is 19.2. The minimum Gasteiger partial charge on any atom is -0.444 e. The highest BCUT2D eigenvalue weighted by Gasteiger charge is 2.22. The fourth-order valence-electron chi connectivity index (χ4n) is 3.16. The van der Waals surface area contributed by atoms with Gasteiger partial charge in [0.25, 0.3) is 0 Å². The lowest BCUT2D eigenvalue weighted by Gasteiger charge is -2.34. The third kappa shape index (κ3) is 8.47. The summed E-state index contributed by atoms with van der Waals surface area (Å²) in [5.74, 6) is 0.917. The van der Waals surface area contributed by atoms with Gasteiger partial charge in [0.05, 0.1) is 18.3 Å². The van der Waals surface area contributed by atoms with Crippen LogP contribution >= 0.6 is 11.3 Å². The Morgan fingerprint density at radius 2 is 1.97 bits per heavy atom. The topological polar surface area (TPSA) is 88.1 Å². The van der Waals surface area contributed by atoms with E-state index in [0.717, 1.165) is 49.0 Å². The summed E-state index contributed by atoms with van der Waals surface area (Å²) in [5.41, 5.74) is 0.633. The molecule has 2 heterocycles. The molecule has 1 aliphatic heterocycles. The second-order valence-corrected chi connectivity index (χ2v) is 9.78. The van der Waals surface area contributed by atoms with Gasteiger partial charge in [-0.05, 0) is 53.9 Å². The zero-order valence-corrected chi connectivity index (χ0v) is 20.0. The first-order chi connectivity index (χ1) is 14.2. The number of nitrogens with zero attached hydrogens (tertiary/aromatic N) is 3. The quantitative estimate of drug-likeness (QED) is 0.385. The van der Waals surface area contributed by atoms with Gasteiger partial charge in [-0.25, -0.2) is 9.78 Å². The highest BCUT2D eigenvalue weighted by Crippen LogP contribution is 2.17. The Labute approximate surface area is 184 Å². The second kappa shape index (κ2) is 11.5. The lowest BCUT2D eigenvalue weighted by atomic mass is 10.1. The molecule has 1 aromatic heterocycles. The van der Waals surface area contributed by atoms with Crippen molar-refractivity contribution >= 4 is 23.4 Å². The third-order valence-electron chi connectivity index (χ3n) is 4.77. The molecule has 0 radical (unpaired) electrons. The number of aromatic nitrogens is 1. The molecule has 0 unspecified atom stereocenters. The zero-order chi connectivity index (χ0) is 22.1. The summed E-state index contributed by atoms with van der Waals surface area (Å²) in [6.07, 6.45) is 2.59. The Kier molecular flexibility index (Phi) is 9.36. The van der Waals surface area contributed by atoms with Gasteiger partial charge in [0, 0.05) is 38.2 Å². The molecule has 1 amide bonds. The number of alkyl carbamates (subject to hydrolysis) is 1. The normalized spacial score (nSPS) is 15.9. The van der Waals surface area contributed by atoms with Crippen molar-refractivity contribution in [1.29, 1.82) is 0 Å². The molecular formula is C21H37N5O3S. The SMILES string of the molecule is CN=C(NCc1nc(C)c(C)s1)N1CCC(OCCCNC(=O)OC(C)(C)C)CC1. The van der Waals surface area contributed by atoms with Crippen molar-refractivity contribution in [3.8, 4) is 0 Å². The molecule has 9 heteroatoms. The first-order valence-electron chi connectivity index (χ1n) is 10.6. The van der Waals surface area contributed by atoms with E-state index in [1.54, 1.807) is 11.3 Å². The predicted molar refractivity (Wildman–Crippen MR) is 121 cm³/mol. The predicted octanol–water partition coefficient (Wildman–Crippen LogP) is 3.23. The molecule has 1 aromatic rings. The highest BCUT2D eigenvalue weighted by molar-refractivity contribution is 7.11. The highest BCUT2D eigenvalue weighted by atomic mass is 32.1. The van der Waals surface area contributed by atoms with Gasteiger partial charge in [-0.15, -0.1) is 11.3 Å². The van der Waals surface area contributed by atoms with E-state index in [1.807, 2.05) is 34.7 Å². The van der Waals surface area contributed by atoms with E-state index in [4.69, 9.17) is 9.47 Å². The van der Waals surface area contributed by atoms with Crippen LogP contribution in [-0.4, -0.2) is 66.9 Å². The molecule has 170 valence electrons. The summed E-state index contributed by atoms with van der Waals surface area (Å²) < 4.78 is 11.2. The van der Waals surface area contributed by atoms with Crippen LogP contribution in [0, 0.1) is 13.8 Å². The largest absolute Gasteiger partial charge is 0.444 e. The number of aryl methyl sites for hydroxylation is 2. The second-order valence-electron chi connectivity index (χ2n) is 8.49. The standard InChI is InChI=1S/C21H37N5O3S/c1-15-16(2)30-18(25-15)14-24-19(22-6)26-11-8-17(9-12-26)28-13-7-10-23-20(27)29-21(3,4)5/h17H,7-14H2,1-6H3,(H,22,24)(H,23,27). The van der Waals surface area contributed by atoms with Crippen LogP contribution < -0.4 is 10.6 Å². The number of rotatable bonds is 7. The third-order valence-corrected chi connectivity index (χ3v) is 5.84. The molecule has 0 bridgehead atoms. The number of aliphatic imine (C=N–C) groups is 1. The van der Waals surface area contributed by atoms with Gasteiger partial charge in [0.2, 0.25) is 0 Å². The Balaban J connectivity index is 1.61. The van der Waals surface area contributed by atoms with Crippen molar-refractivity contribution in [3.05, 3.63) is 15.6 Å². The number of carbonyl (C=O) groups excluding carboxylic acids is 1. The Hall–Kier alpha value is -1.87. The summed E-state index contributed by atoms with van der Waals surface area (Å²) in [4.78, 5) is 24.2. The van der Waals surface area contributed by atoms with Crippen LogP contribution in [0.2, 0.25) is 0 Å². The molecule has 1 saturated heterocycles. The maximum absolute atomic E-state index is 11.6. The lowest BCUT2D eigenvalue weighted by Crippen LogP contribution is -2.46. The molecule has 2 N–H and O–H groups in total. The van der Waals surface area contributed by atoms with Crippen LogP contribution in [-0.2, 0) is 16.0 Å². The molecule has 0 spiro atoms. The lowest BCUT2D eigenvalue weighted by molar-refractivity contribution is 0.0170. The monoisotopic (exact) mass is 439 g/mol. The molecule has 30 heavy (non-hydrogen) atoms. The molecule has 0 atom stereocenters. The minimum absolute atomic E-state index is 0.255. The summed E-state index contributed by atoms with van der Waals surface area (Å²) in [6, 6.07) is 0. The summed E-state index contributed by atoms with van der Waals surface area (Å²) >= 11 is 1.73. The number of nitrogens with one attached hydrogen (secondary N) is 2. The van der Waals surface area contributed by atoms with Crippen molar-refractivity contribution in [2.24, 2.45) is 4.99 Å². The number of ether oxygens (including phenoxy) is 2. The van der Waals surface area contributed by atoms with Crippen molar-refractivity contribution in [3.63, 3.8) is 0 Å². The summed E-state index contributed by atoms with van der Waals surface area (Å²) in [5, 5.41) is 7.28. The molecule has 0 aromatic carbocycles. The van der Waals surface area contributed by atoms with Crippen LogP contribution in [0.4, 0.5) is 4.79 Å². The number of hydrogen-bond donors (Lipinski definition) is 2. The van der Waals surface area contributed by atoms with E-state index in [-0.39, 0.29) is 12.2 Å². The number of thiazole rings is 1. The minimum atomic E-state index is -0.470. The van der Waals surface area contributed by atoms with Gasteiger partial charge in [-0.1, -0.05) is 0 Å². The van der Waals surface area contributed by atoms with Crippen LogP contribution in [0.25, 0.3) is 0 Å². The van der Waals surface area contributed by atoms with Gasteiger partial charge in [-0.2, -0.15) is 0 Å². The van der Waals surface area contributed by atoms with E-state index < -0.39 is 5.60 Å². The van der Waals surface area contributed by atoms with Gasteiger partial charge in [-0.3, -0.25) is 4.99 Å². The molecule has 1 aliphatic rings. The fourth-order valence-corrected chi connectivity index (χ4v) is 4.04. The van der Waals surface area contributed by atoms with E-state index in [2.05, 4.69) is 32.4 Å². The van der Waals surface area contributed by atoms with Gasteiger partial charge in [0.1, 0.15) is 10.6 Å². The van der Waals surface area contributed by atoms with Crippen molar-refractivity contribution in [2.45, 2.75) is 72.1 Å². The van der Waals surface area contributed by atoms with Gasteiger partial charge >= 0.3 is 6.09 Å².